The number of ether oxygens (including phenoxy) is 1. The third-order valence-electron chi connectivity index (χ3n) is 2.71. The van der Waals surface area contributed by atoms with Crippen LogP contribution >= 0.6 is 23.2 Å². The number of furan rings is 1. The third-order valence-corrected chi connectivity index (χ3v) is 3.25. The van der Waals surface area contributed by atoms with Gasteiger partial charge in [-0.2, -0.15) is 0 Å². The second kappa shape index (κ2) is 7.58. The molecule has 2 aromatic rings. The van der Waals surface area contributed by atoms with Crippen LogP contribution in [0.15, 0.2) is 34.7 Å². The summed E-state index contributed by atoms with van der Waals surface area (Å²) in [4.78, 5) is 0. The van der Waals surface area contributed by atoms with Gasteiger partial charge in [0.05, 0.1) is 11.6 Å². The van der Waals surface area contributed by atoms with Crippen molar-refractivity contribution in [2.75, 3.05) is 6.54 Å². The first-order chi connectivity index (χ1) is 9.69. The second-order valence-electron chi connectivity index (χ2n) is 4.41. The summed E-state index contributed by atoms with van der Waals surface area (Å²) in [6, 6.07) is 8.97. The molecular weight excluding hydrogens is 297 g/mol. The van der Waals surface area contributed by atoms with Crippen molar-refractivity contribution >= 4 is 23.2 Å². The van der Waals surface area contributed by atoms with Gasteiger partial charge in [0.1, 0.15) is 23.9 Å². The molecule has 0 aliphatic rings. The lowest BCUT2D eigenvalue weighted by molar-refractivity contribution is 0.265. The summed E-state index contributed by atoms with van der Waals surface area (Å²) in [5.41, 5.74) is 0. The monoisotopic (exact) mass is 313 g/mol. The van der Waals surface area contributed by atoms with E-state index in [-0.39, 0.29) is 0 Å². The highest BCUT2D eigenvalue weighted by atomic mass is 35.5. The molecule has 5 heteroatoms. The SMILES string of the molecule is CCCNCc1ccc(COc2cc(Cl)ccc2Cl)o1. The molecule has 0 amide bonds. The predicted octanol–water partition coefficient (Wildman–Crippen LogP) is 4.67. The molecule has 0 radical (unpaired) electrons. The summed E-state index contributed by atoms with van der Waals surface area (Å²) in [6.07, 6.45) is 1.10. The summed E-state index contributed by atoms with van der Waals surface area (Å²) in [5.74, 6) is 2.21. The van der Waals surface area contributed by atoms with E-state index in [2.05, 4.69) is 12.2 Å². The quantitative estimate of drug-likeness (QED) is 0.755. The molecule has 0 bridgehead atoms. The van der Waals surface area contributed by atoms with Crippen LogP contribution < -0.4 is 10.1 Å². The lowest BCUT2D eigenvalue weighted by Crippen LogP contribution is -2.13. The van der Waals surface area contributed by atoms with E-state index in [4.69, 9.17) is 32.4 Å². The summed E-state index contributed by atoms with van der Waals surface area (Å²) in [6.45, 7) is 4.16. The van der Waals surface area contributed by atoms with Gasteiger partial charge in [-0.25, -0.2) is 0 Å². The third kappa shape index (κ3) is 4.44. The largest absolute Gasteiger partial charge is 0.484 e. The van der Waals surface area contributed by atoms with Crippen LogP contribution in [0.25, 0.3) is 0 Å². The molecule has 1 aromatic carbocycles. The van der Waals surface area contributed by atoms with Crippen molar-refractivity contribution in [1.82, 2.24) is 5.32 Å². The van der Waals surface area contributed by atoms with Crippen molar-refractivity contribution < 1.29 is 9.15 Å². The molecule has 0 aliphatic heterocycles. The molecule has 0 spiro atoms. The fraction of sp³-hybridized carbons (Fsp3) is 0.333. The van der Waals surface area contributed by atoms with E-state index in [0.29, 0.717) is 22.4 Å². The van der Waals surface area contributed by atoms with E-state index in [1.807, 2.05) is 12.1 Å². The Morgan fingerprint density at radius 2 is 1.95 bits per heavy atom. The Morgan fingerprint density at radius 1 is 1.15 bits per heavy atom. The fourth-order valence-corrected chi connectivity index (χ4v) is 2.05. The highest BCUT2D eigenvalue weighted by molar-refractivity contribution is 6.34. The Bertz CT molecular complexity index is 555. The number of rotatable bonds is 7. The van der Waals surface area contributed by atoms with Gasteiger partial charge in [-0.05, 0) is 37.2 Å². The highest BCUT2D eigenvalue weighted by Gasteiger charge is 2.06. The molecule has 1 heterocycles. The first-order valence-electron chi connectivity index (χ1n) is 6.55. The fourth-order valence-electron chi connectivity index (χ4n) is 1.72. The molecule has 20 heavy (non-hydrogen) atoms. The molecule has 3 nitrogen and oxygen atoms in total. The number of hydrogen-bond donors (Lipinski definition) is 1. The van der Waals surface area contributed by atoms with Crippen molar-refractivity contribution in [3.8, 4) is 5.75 Å². The van der Waals surface area contributed by atoms with Gasteiger partial charge in [-0.1, -0.05) is 30.1 Å². The van der Waals surface area contributed by atoms with Crippen LogP contribution in [0, 0.1) is 0 Å². The summed E-state index contributed by atoms with van der Waals surface area (Å²) >= 11 is 11.9. The maximum atomic E-state index is 6.03. The lowest BCUT2D eigenvalue weighted by atomic mass is 10.3. The maximum Gasteiger partial charge on any atom is 0.146 e. The van der Waals surface area contributed by atoms with E-state index in [1.54, 1.807) is 18.2 Å². The molecule has 0 fully saturated rings. The van der Waals surface area contributed by atoms with Crippen LogP contribution in [0.3, 0.4) is 0 Å². The predicted molar refractivity (Wildman–Crippen MR) is 81.5 cm³/mol. The van der Waals surface area contributed by atoms with Gasteiger partial charge < -0.3 is 14.5 Å². The van der Waals surface area contributed by atoms with Crippen LogP contribution in [0.5, 0.6) is 5.75 Å². The number of nitrogens with one attached hydrogen (secondary N) is 1. The molecule has 1 N–H and O–H groups in total. The van der Waals surface area contributed by atoms with Gasteiger partial charge in [0.2, 0.25) is 0 Å². The minimum absolute atomic E-state index is 0.327. The van der Waals surface area contributed by atoms with Crippen LogP contribution in [0.1, 0.15) is 24.9 Å². The molecule has 0 unspecified atom stereocenters. The zero-order chi connectivity index (χ0) is 14.4. The molecular formula is C15H17Cl2NO2. The zero-order valence-corrected chi connectivity index (χ0v) is 12.8. The van der Waals surface area contributed by atoms with Gasteiger partial charge >= 0.3 is 0 Å². The molecule has 108 valence electrons. The smallest absolute Gasteiger partial charge is 0.146 e. The molecule has 0 saturated heterocycles. The van der Waals surface area contributed by atoms with Crippen LogP contribution in [0.2, 0.25) is 10.0 Å². The van der Waals surface area contributed by atoms with E-state index in [0.717, 1.165) is 31.0 Å². The zero-order valence-electron chi connectivity index (χ0n) is 11.3. The molecule has 0 aliphatic carbocycles. The average molecular weight is 314 g/mol. The van der Waals surface area contributed by atoms with Crippen LogP contribution in [0.4, 0.5) is 0 Å². The molecule has 0 saturated carbocycles. The summed E-state index contributed by atoms with van der Waals surface area (Å²) in [7, 11) is 0. The second-order valence-corrected chi connectivity index (χ2v) is 5.25. The van der Waals surface area contributed by atoms with Crippen molar-refractivity contribution in [3.05, 3.63) is 51.9 Å². The van der Waals surface area contributed by atoms with Crippen molar-refractivity contribution in [2.45, 2.75) is 26.5 Å². The topological polar surface area (TPSA) is 34.4 Å². The first kappa shape index (κ1) is 15.2. The van der Waals surface area contributed by atoms with Gasteiger partial charge in [-0.15, -0.1) is 0 Å². The maximum absolute atomic E-state index is 6.03. The Morgan fingerprint density at radius 3 is 2.75 bits per heavy atom. The Balaban J connectivity index is 1.89. The normalized spacial score (nSPS) is 10.8. The Hall–Kier alpha value is -1.16. The van der Waals surface area contributed by atoms with Gasteiger partial charge in [0.15, 0.2) is 0 Å². The minimum atomic E-state index is 0.327. The van der Waals surface area contributed by atoms with E-state index in [1.165, 1.54) is 0 Å². The van der Waals surface area contributed by atoms with Gasteiger partial charge in [-0.3, -0.25) is 0 Å². The first-order valence-corrected chi connectivity index (χ1v) is 7.30. The average Bonchev–Trinajstić information content (AvgIpc) is 2.88. The number of benzene rings is 1. The molecule has 1 aromatic heterocycles. The summed E-state index contributed by atoms with van der Waals surface area (Å²) in [5, 5.41) is 4.41. The number of halogens is 2. The van der Waals surface area contributed by atoms with E-state index in [9.17, 15) is 0 Å². The standard InChI is InChI=1S/C15H17Cl2NO2/c1-2-7-18-9-12-4-5-13(20-12)10-19-15-8-11(16)3-6-14(15)17/h3-6,8,18H,2,7,9-10H2,1H3. The van der Waals surface area contributed by atoms with Crippen molar-refractivity contribution in [3.63, 3.8) is 0 Å². The van der Waals surface area contributed by atoms with Gasteiger partial charge in [0, 0.05) is 11.1 Å². The van der Waals surface area contributed by atoms with Crippen LogP contribution in [-0.4, -0.2) is 6.54 Å². The van der Waals surface area contributed by atoms with Crippen molar-refractivity contribution in [1.29, 1.82) is 0 Å². The number of hydrogen-bond acceptors (Lipinski definition) is 3. The Kier molecular flexibility index (Phi) is 5.77. The van der Waals surface area contributed by atoms with Crippen molar-refractivity contribution in [2.24, 2.45) is 0 Å². The Labute approximate surface area is 128 Å². The molecule has 0 atom stereocenters. The van der Waals surface area contributed by atoms with Gasteiger partial charge in [0.25, 0.3) is 0 Å². The van der Waals surface area contributed by atoms with Crippen LogP contribution in [-0.2, 0) is 13.2 Å². The lowest BCUT2D eigenvalue weighted by Gasteiger charge is -2.06. The summed E-state index contributed by atoms with van der Waals surface area (Å²) < 4.78 is 11.3. The molecule has 2 rings (SSSR count). The highest BCUT2D eigenvalue weighted by Crippen LogP contribution is 2.28. The van der Waals surface area contributed by atoms with E-state index >= 15 is 0 Å². The minimum Gasteiger partial charge on any atom is -0.484 e. The van der Waals surface area contributed by atoms with E-state index < -0.39 is 0 Å².